The van der Waals surface area contributed by atoms with Crippen molar-refractivity contribution in [3.63, 3.8) is 0 Å². The average molecular weight is 419 g/mol. The molecule has 1 unspecified atom stereocenters. The van der Waals surface area contributed by atoms with Crippen LogP contribution >= 0.6 is 23.2 Å². The summed E-state index contributed by atoms with van der Waals surface area (Å²) in [5.74, 6) is 0.0722. The molecule has 146 valence electrons. The van der Waals surface area contributed by atoms with Crippen molar-refractivity contribution in [3.8, 4) is 11.5 Å². The summed E-state index contributed by atoms with van der Waals surface area (Å²) in [6, 6.07) is 8.69. The molecule has 2 amide bonds. The second-order valence-corrected chi connectivity index (χ2v) is 6.42. The lowest BCUT2D eigenvalue weighted by molar-refractivity contribution is -0.0512. The predicted molar refractivity (Wildman–Crippen MR) is 99.9 cm³/mol. The quantitative estimate of drug-likeness (QED) is 0.652. The van der Waals surface area contributed by atoms with Gasteiger partial charge < -0.3 is 20.1 Å². The molecule has 0 aliphatic rings. The van der Waals surface area contributed by atoms with Crippen LogP contribution in [0.5, 0.6) is 11.5 Å². The van der Waals surface area contributed by atoms with E-state index >= 15 is 0 Å². The molecular weight excluding hydrogens is 401 g/mol. The molecule has 2 aromatic carbocycles. The van der Waals surface area contributed by atoms with Crippen LogP contribution in [0.4, 0.5) is 13.6 Å². The minimum atomic E-state index is -2.95. The Morgan fingerprint density at radius 2 is 1.89 bits per heavy atom. The standard InChI is InChI=1S/C18H18Cl2F2N2O3/c1-10(13-5-4-12(19)8-14(13)20)24-18(25)23-9-11-3-6-15(27-17(21)22)16(7-11)26-2/h3-8,10,17H,9H2,1-2H3,(H2,23,24,25). The molecule has 5 nitrogen and oxygen atoms in total. The molecule has 27 heavy (non-hydrogen) atoms. The second kappa shape index (κ2) is 9.62. The third-order valence-electron chi connectivity index (χ3n) is 3.67. The first-order valence-corrected chi connectivity index (χ1v) is 8.66. The third kappa shape index (κ3) is 6.15. The summed E-state index contributed by atoms with van der Waals surface area (Å²) in [4.78, 5) is 12.1. The van der Waals surface area contributed by atoms with E-state index in [1.807, 2.05) is 0 Å². The molecule has 2 aromatic rings. The van der Waals surface area contributed by atoms with Crippen molar-refractivity contribution in [2.45, 2.75) is 26.1 Å². The topological polar surface area (TPSA) is 59.6 Å². The van der Waals surface area contributed by atoms with E-state index in [1.165, 1.54) is 19.2 Å². The molecule has 2 rings (SSSR count). The van der Waals surface area contributed by atoms with Gasteiger partial charge in [-0.25, -0.2) is 4.79 Å². The zero-order chi connectivity index (χ0) is 20.0. The second-order valence-electron chi connectivity index (χ2n) is 5.58. The van der Waals surface area contributed by atoms with Crippen molar-refractivity contribution in [1.29, 1.82) is 0 Å². The Hall–Kier alpha value is -2.25. The molecule has 0 aliphatic carbocycles. The Bertz CT molecular complexity index is 806. The van der Waals surface area contributed by atoms with Crippen molar-refractivity contribution >= 4 is 29.2 Å². The number of halogens is 4. The van der Waals surface area contributed by atoms with Crippen LogP contribution in [-0.4, -0.2) is 19.8 Å². The fourth-order valence-corrected chi connectivity index (χ4v) is 2.95. The number of hydrogen-bond donors (Lipinski definition) is 2. The molecule has 0 saturated carbocycles. The minimum Gasteiger partial charge on any atom is -0.493 e. The van der Waals surface area contributed by atoms with Crippen LogP contribution in [0.2, 0.25) is 10.0 Å². The first kappa shape index (κ1) is 21.1. The number of methoxy groups -OCH3 is 1. The molecule has 0 aliphatic heterocycles. The van der Waals surface area contributed by atoms with Crippen LogP contribution in [0.15, 0.2) is 36.4 Å². The monoisotopic (exact) mass is 418 g/mol. The number of benzene rings is 2. The highest BCUT2D eigenvalue weighted by Gasteiger charge is 2.14. The summed E-state index contributed by atoms with van der Waals surface area (Å²) in [5, 5.41) is 6.40. The fourth-order valence-electron chi connectivity index (χ4n) is 2.38. The maximum atomic E-state index is 12.3. The normalized spacial score (nSPS) is 11.8. The van der Waals surface area contributed by atoms with Crippen LogP contribution < -0.4 is 20.1 Å². The van der Waals surface area contributed by atoms with Crippen LogP contribution in [0.25, 0.3) is 0 Å². The number of hydrogen-bond acceptors (Lipinski definition) is 3. The predicted octanol–water partition coefficient (Wildman–Crippen LogP) is 5.16. The molecule has 0 heterocycles. The molecule has 0 spiro atoms. The summed E-state index contributed by atoms with van der Waals surface area (Å²) in [6.45, 7) is -0.998. The molecule has 0 bridgehead atoms. The number of amides is 2. The SMILES string of the molecule is COc1cc(CNC(=O)NC(C)c2ccc(Cl)cc2Cl)ccc1OC(F)F. The molecule has 0 aromatic heterocycles. The first-order valence-electron chi connectivity index (χ1n) is 7.91. The number of nitrogens with one attached hydrogen (secondary N) is 2. The fraction of sp³-hybridized carbons (Fsp3) is 0.278. The van der Waals surface area contributed by atoms with Gasteiger partial charge in [-0.2, -0.15) is 8.78 Å². The van der Waals surface area contributed by atoms with Gasteiger partial charge in [0.15, 0.2) is 11.5 Å². The Kier molecular flexibility index (Phi) is 7.50. The van der Waals surface area contributed by atoms with E-state index in [0.717, 1.165) is 5.56 Å². The van der Waals surface area contributed by atoms with E-state index in [9.17, 15) is 13.6 Å². The van der Waals surface area contributed by atoms with Gasteiger partial charge >= 0.3 is 12.6 Å². The zero-order valence-electron chi connectivity index (χ0n) is 14.6. The van der Waals surface area contributed by atoms with Crippen LogP contribution in [0.1, 0.15) is 24.1 Å². The van der Waals surface area contributed by atoms with Gasteiger partial charge in [0.25, 0.3) is 0 Å². The Balaban J connectivity index is 1.94. The van der Waals surface area contributed by atoms with Gasteiger partial charge in [-0.1, -0.05) is 35.3 Å². The Morgan fingerprint density at radius 1 is 1.15 bits per heavy atom. The van der Waals surface area contributed by atoms with Gasteiger partial charge in [0.1, 0.15) is 0 Å². The molecule has 1 atom stereocenters. The average Bonchev–Trinajstić information content (AvgIpc) is 2.60. The summed E-state index contributed by atoms with van der Waals surface area (Å²) in [7, 11) is 1.34. The van der Waals surface area contributed by atoms with E-state index in [0.29, 0.717) is 15.6 Å². The number of rotatable bonds is 7. The van der Waals surface area contributed by atoms with E-state index in [1.54, 1.807) is 31.2 Å². The van der Waals surface area contributed by atoms with Crippen molar-refractivity contribution in [2.75, 3.05) is 7.11 Å². The summed E-state index contributed by atoms with van der Waals surface area (Å²) in [6.07, 6.45) is 0. The van der Waals surface area contributed by atoms with Gasteiger partial charge in [0.05, 0.1) is 13.2 Å². The van der Waals surface area contributed by atoms with E-state index in [2.05, 4.69) is 15.4 Å². The van der Waals surface area contributed by atoms with Crippen LogP contribution in [0, 0.1) is 0 Å². The smallest absolute Gasteiger partial charge is 0.387 e. The maximum absolute atomic E-state index is 12.3. The molecular formula is C18H18Cl2F2N2O3. The highest BCUT2D eigenvalue weighted by Crippen LogP contribution is 2.29. The highest BCUT2D eigenvalue weighted by molar-refractivity contribution is 6.35. The summed E-state index contributed by atoms with van der Waals surface area (Å²) in [5.41, 5.74) is 1.38. The molecule has 9 heteroatoms. The van der Waals surface area contributed by atoms with Crippen molar-refractivity contribution in [1.82, 2.24) is 10.6 Å². The van der Waals surface area contributed by atoms with Gasteiger partial charge in [-0.05, 0) is 42.3 Å². The van der Waals surface area contributed by atoms with E-state index < -0.39 is 12.6 Å². The van der Waals surface area contributed by atoms with Gasteiger partial charge in [0, 0.05) is 16.6 Å². The van der Waals surface area contributed by atoms with Crippen molar-refractivity contribution in [3.05, 3.63) is 57.6 Å². The number of alkyl halides is 2. The van der Waals surface area contributed by atoms with Gasteiger partial charge in [-0.15, -0.1) is 0 Å². The van der Waals surface area contributed by atoms with Gasteiger partial charge in [-0.3, -0.25) is 0 Å². The maximum Gasteiger partial charge on any atom is 0.387 e. The molecule has 2 N–H and O–H groups in total. The summed E-state index contributed by atoms with van der Waals surface area (Å²) >= 11 is 12.0. The van der Waals surface area contributed by atoms with Crippen LogP contribution in [0.3, 0.4) is 0 Å². The van der Waals surface area contributed by atoms with E-state index in [-0.39, 0.29) is 24.1 Å². The van der Waals surface area contributed by atoms with Gasteiger partial charge in [0.2, 0.25) is 0 Å². The Labute approximate surface area is 165 Å². The lowest BCUT2D eigenvalue weighted by atomic mass is 10.1. The van der Waals surface area contributed by atoms with Crippen molar-refractivity contribution in [2.24, 2.45) is 0 Å². The lowest BCUT2D eigenvalue weighted by Gasteiger charge is -2.17. The molecule has 0 radical (unpaired) electrons. The molecule has 0 fully saturated rings. The number of carbonyl (C=O) groups excluding carboxylic acids is 1. The Morgan fingerprint density at radius 3 is 2.52 bits per heavy atom. The number of urea groups is 1. The lowest BCUT2D eigenvalue weighted by Crippen LogP contribution is -2.36. The number of ether oxygens (including phenoxy) is 2. The molecule has 0 saturated heterocycles. The van der Waals surface area contributed by atoms with E-state index in [4.69, 9.17) is 27.9 Å². The van der Waals surface area contributed by atoms with Crippen LogP contribution in [-0.2, 0) is 6.54 Å². The minimum absolute atomic E-state index is 0.0771. The summed E-state index contributed by atoms with van der Waals surface area (Å²) < 4.78 is 34.1. The first-order chi connectivity index (χ1) is 12.8. The zero-order valence-corrected chi connectivity index (χ0v) is 16.1. The highest BCUT2D eigenvalue weighted by atomic mass is 35.5. The third-order valence-corrected chi connectivity index (χ3v) is 4.24. The number of carbonyl (C=O) groups is 1. The van der Waals surface area contributed by atoms with Crippen molar-refractivity contribution < 1.29 is 23.0 Å². The largest absolute Gasteiger partial charge is 0.493 e.